The van der Waals surface area contributed by atoms with Crippen molar-refractivity contribution in [2.24, 2.45) is 17.6 Å². The van der Waals surface area contributed by atoms with E-state index >= 15 is 0 Å². The van der Waals surface area contributed by atoms with Gasteiger partial charge in [0.25, 0.3) is 0 Å². The highest BCUT2D eigenvalue weighted by atomic mass is 16.5. The molecule has 1 aliphatic carbocycles. The number of hydrogen-bond acceptors (Lipinski definition) is 6. The SMILES string of the molecule is COc1ccc(-c2cncc(C#N)c2NCC2CCC(CN)CC2)cc1OC. The molecule has 1 saturated carbocycles. The molecule has 0 saturated heterocycles. The monoisotopic (exact) mass is 380 g/mol. The van der Waals surface area contributed by atoms with Crippen molar-refractivity contribution in [2.75, 3.05) is 32.6 Å². The lowest BCUT2D eigenvalue weighted by Crippen LogP contribution is -2.25. The fraction of sp³-hybridized carbons (Fsp3) is 0.455. The first kappa shape index (κ1) is 20.0. The van der Waals surface area contributed by atoms with Crippen LogP contribution in [0.3, 0.4) is 0 Å². The summed E-state index contributed by atoms with van der Waals surface area (Å²) in [5.41, 5.74) is 8.98. The summed E-state index contributed by atoms with van der Waals surface area (Å²) >= 11 is 0. The molecule has 1 fully saturated rings. The summed E-state index contributed by atoms with van der Waals surface area (Å²) in [6, 6.07) is 8.00. The van der Waals surface area contributed by atoms with Gasteiger partial charge in [-0.15, -0.1) is 0 Å². The van der Waals surface area contributed by atoms with Crippen LogP contribution in [0.4, 0.5) is 5.69 Å². The van der Waals surface area contributed by atoms with E-state index < -0.39 is 0 Å². The smallest absolute Gasteiger partial charge is 0.161 e. The number of hydrogen-bond donors (Lipinski definition) is 2. The van der Waals surface area contributed by atoms with E-state index in [2.05, 4.69) is 16.4 Å². The van der Waals surface area contributed by atoms with Crippen molar-refractivity contribution in [1.29, 1.82) is 5.26 Å². The summed E-state index contributed by atoms with van der Waals surface area (Å²) in [7, 11) is 3.23. The molecule has 0 bridgehead atoms. The number of rotatable bonds is 7. The molecule has 0 atom stereocenters. The molecule has 1 heterocycles. The zero-order valence-corrected chi connectivity index (χ0v) is 16.6. The molecule has 148 valence electrons. The number of methoxy groups -OCH3 is 2. The number of nitrogens with one attached hydrogen (secondary N) is 1. The standard InChI is InChI=1S/C22H28N4O2/c1-27-20-8-7-17(9-21(20)28-2)19-14-25-13-18(11-24)22(19)26-12-16-5-3-15(10-23)4-6-16/h7-9,13-16H,3-6,10,12,23H2,1-2H3,(H,25,26). The average molecular weight is 380 g/mol. The predicted molar refractivity (Wildman–Crippen MR) is 110 cm³/mol. The molecule has 0 amide bonds. The van der Waals surface area contributed by atoms with Crippen molar-refractivity contribution in [3.63, 3.8) is 0 Å². The largest absolute Gasteiger partial charge is 0.493 e. The van der Waals surface area contributed by atoms with Crippen LogP contribution in [0.2, 0.25) is 0 Å². The number of nitrogens with zero attached hydrogens (tertiary/aromatic N) is 2. The van der Waals surface area contributed by atoms with Crippen LogP contribution >= 0.6 is 0 Å². The normalized spacial score (nSPS) is 18.9. The van der Waals surface area contributed by atoms with Gasteiger partial charge in [-0.25, -0.2) is 0 Å². The number of nitriles is 1. The van der Waals surface area contributed by atoms with Crippen molar-refractivity contribution in [3.8, 4) is 28.7 Å². The van der Waals surface area contributed by atoms with Gasteiger partial charge < -0.3 is 20.5 Å². The summed E-state index contributed by atoms with van der Waals surface area (Å²) in [6.45, 7) is 1.63. The lowest BCUT2D eigenvalue weighted by atomic mass is 9.82. The molecule has 0 spiro atoms. The third-order valence-corrected chi connectivity index (χ3v) is 5.63. The maximum Gasteiger partial charge on any atom is 0.161 e. The summed E-state index contributed by atoms with van der Waals surface area (Å²) in [5.74, 6) is 2.57. The molecule has 28 heavy (non-hydrogen) atoms. The van der Waals surface area contributed by atoms with E-state index in [-0.39, 0.29) is 0 Å². The van der Waals surface area contributed by atoms with E-state index in [4.69, 9.17) is 15.2 Å². The van der Waals surface area contributed by atoms with Crippen molar-refractivity contribution in [1.82, 2.24) is 4.98 Å². The van der Waals surface area contributed by atoms with Crippen LogP contribution in [0.25, 0.3) is 11.1 Å². The van der Waals surface area contributed by atoms with Gasteiger partial charge in [0.05, 0.1) is 25.5 Å². The van der Waals surface area contributed by atoms with Crippen molar-refractivity contribution in [2.45, 2.75) is 25.7 Å². The van der Waals surface area contributed by atoms with E-state index in [0.29, 0.717) is 28.9 Å². The highest BCUT2D eigenvalue weighted by Gasteiger charge is 2.21. The van der Waals surface area contributed by atoms with Gasteiger partial charge in [0.2, 0.25) is 0 Å². The number of pyridine rings is 1. The van der Waals surface area contributed by atoms with Gasteiger partial charge in [0.1, 0.15) is 6.07 Å². The lowest BCUT2D eigenvalue weighted by molar-refractivity contribution is 0.289. The molecule has 3 N–H and O–H groups in total. The molecular formula is C22H28N4O2. The minimum atomic E-state index is 0.544. The molecule has 6 nitrogen and oxygen atoms in total. The van der Waals surface area contributed by atoms with Gasteiger partial charge in [-0.1, -0.05) is 6.07 Å². The Morgan fingerprint density at radius 2 is 1.82 bits per heavy atom. The Kier molecular flexibility index (Phi) is 6.72. The quantitative estimate of drug-likeness (QED) is 0.759. The van der Waals surface area contributed by atoms with Crippen LogP contribution < -0.4 is 20.5 Å². The molecule has 1 aromatic heterocycles. The predicted octanol–water partition coefficient (Wildman–Crippen LogP) is 3.81. The van der Waals surface area contributed by atoms with Gasteiger partial charge in [0.15, 0.2) is 11.5 Å². The molecule has 3 rings (SSSR count). The minimum absolute atomic E-state index is 0.544. The Hall–Kier alpha value is -2.78. The molecule has 1 aromatic carbocycles. The Morgan fingerprint density at radius 1 is 1.11 bits per heavy atom. The summed E-state index contributed by atoms with van der Waals surface area (Å²) < 4.78 is 10.8. The minimum Gasteiger partial charge on any atom is -0.493 e. The summed E-state index contributed by atoms with van der Waals surface area (Å²) in [4.78, 5) is 4.26. The lowest BCUT2D eigenvalue weighted by Gasteiger charge is -2.28. The molecule has 1 aliphatic rings. The molecule has 0 radical (unpaired) electrons. The fourth-order valence-electron chi connectivity index (χ4n) is 3.88. The topological polar surface area (TPSA) is 93.2 Å². The zero-order chi connectivity index (χ0) is 19.9. The van der Waals surface area contributed by atoms with E-state index in [1.165, 1.54) is 25.7 Å². The van der Waals surface area contributed by atoms with Crippen molar-refractivity contribution >= 4 is 5.69 Å². The molecule has 6 heteroatoms. The molecule has 0 unspecified atom stereocenters. The van der Waals surface area contributed by atoms with E-state index in [0.717, 1.165) is 29.9 Å². The van der Waals surface area contributed by atoms with Gasteiger partial charge in [-0.05, 0) is 61.8 Å². The Labute approximate surface area is 166 Å². The van der Waals surface area contributed by atoms with Crippen LogP contribution in [-0.4, -0.2) is 32.3 Å². The second-order valence-electron chi connectivity index (χ2n) is 7.29. The maximum atomic E-state index is 9.59. The van der Waals surface area contributed by atoms with E-state index in [1.807, 2.05) is 18.2 Å². The Balaban J connectivity index is 1.84. The summed E-state index contributed by atoms with van der Waals surface area (Å²) in [6.07, 6.45) is 8.12. The second-order valence-corrected chi connectivity index (χ2v) is 7.29. The van der Waals surface area contributed by atoms with Gasteiger partial charge in [0, 0.05) is 24.5 Å². The third kappa shape index (κ3) is 4.37. The van der Waals surface area contributed by atoms with Crippen LogP contribution in [0.15, 0.2) is 30.6 Å². The molecule has 2 aromatic rings. The van der Waals surface area contributed by atoms with Crippen LogP contribution in [0.1, 0.15) is 31.2 Å². The van der Waals surface area contributed by atoms with E-state index in [9.17, 15) is 5.26 Å². The third-order valence-electron chi connectivity index (χ3n) is 5.63. The van der Waals surface area contributed by atoms with Crippen LogP contribution in [0.5, 0.6) is 11.5 Å². The number of anilines is 1. The first-order valence-electron chi connectivity index (χ1n) is 9.74. The number of aromatic nitrogens is 1. The Morgan fingerprint density at radius 3 is 2.46 bits per heavy atom. The van der Waals surface area contributed by atoms with Gasteiger partial charge in [-0.2, -0.15) is 5.26 Å². The first-order valence-corrected chi connectivity index (χ1v) is 9.74. The molecule has 0 aliphatic heterocycles. The van der Waals surface area contributed by atoms with Crippen molar-refractivity contribution in [3.05, 3.63) is 36.2 Å². The fourth-order valence-corrected chi connectivity index (χ4v) is 3.88. The number of nitrogens with two attached hydrogens (primary N) is 1. The second kappa shape index (κ2) is 9.43. The maximum absolute atomic E-state index is 9.59. The van der Waals surface area contributed by atoms with Gasteiger partial charge in [-0.3, -0.25) is 4.98 Å². The number of benzene rings is 1. The molecular weight excluding hydrogens is 352 g/mol. The zero-order valence-electron chi connectivity index (χ0n) is 16.6. The van der Waals surface area contributed by atoms with Crippen LogP contribution in [-0.2, 0) is 0 Å². The first-order chi connectivity index (χ1) is 13.7. The highest BCUT2D eigenvalue weighted by molar-refractivity contribution is 5.82. The highest BCUT2D eigenvalue weighted by Crippen LogP contribution is 2.37. The van der Waals surface area contributed by atoms with Crippen LogP contribution in [0, 0.1) is 23.2 Å². The van der Waals surface area contributed by atoms with E-state index in [1.54, 1.807) is 26.6 Å². The number of ether oxygens (including phenoxy) is 2. The summed E-state index contributed by atoms with van der Waals surface area (Å²) in [5, 5.41) is 13.1. The Bertz CT molecular complexity index is 839. The average Bonchev–Trinajstić information content (AvgIpc) is 2.77. The van der Waals surface area contributed by atoms with Gasteiger partial charge >= 0.3 is 0 Å². The van der Waals surface area contributed by atoms with Crippen molar-refractivity contribution < 1.29 is 9.47 Å².